The Labute approximate surface area is 100 Å². The molecule has 3 N–H and O–H groups in total. The highest BCUT2D eigenvalue weighted by Crippen LogP contribution is 2.04. The van der Waals surface area contributed by atoms with Crippen LogP contribution >= 0.6 is 0 Å². The summed E-state index contributed by atoms with van der Waals surface area (Å²) < 4.78 is 0. The van der Waals surface area contributed by atoms with Crippen molar-refractivity contribution in [1.82, 2.24) is 5.32 Å². The first-order valence-corrected chi connectivity index (χ1v) is 5.30. The predicted octanol–water partition coefficient (Wildman–Crippen LogP) is 2.17. The van der Waals surface area contributed by atoms with Gasteiger partial charge in [0.15, 0.2) is 0 Å². The Morgan fingerprint density at radius 1 is 1.29 bits per heavy atom. The molecular weight excluding hydrogens is 216 g/mol. The van der Waals surface area contributed by atoms with Crippen molar-refractivity contribution in [2.24, 2.45) is 0 Å². The van der Waals surface area contributed by atoms with E-state index < -0.39 is 5.91 Å². The molecule has 4 heteroatoms. The maximum atomic E-state index is 11.7. The fraction of sp³-hybridized carbons (Fsp3) is 0.231. The van der Waals surface area contributed by atoms with Gasteiger partial charge in [-0.25, -0.2) is 0 Å². The fourth-order valence-electron chi connectivity index (χ4n) is 1.47. The van der Waals surface area contributed by atoms with E-state index in [4.69, 9.17) is 5.41 Å². The second-order valence-electron chi connectivity index (χ2n) is 3.75. The molecule has 0 spiro atoms. The average molecular weight is 232 g/mol. The van der Waals surface area contributed by atoms with Gasteiger partial charge in [0, 0.05) is 12.3 Å². The quantitative estimate of drug-likeness (QED) is 0.423. The molecule has 0 fully saturated rings. The van der Waals surface area contributed by atoms with Gasteiger partial charge in [-0.2, -0.15) is 0 Å². The summed E-state index contributed by atoms with van der Waals surface area (Å²) in [7, 11) is 0. The zero-order chi connectivity index (χ0) is 12.8. The number of hydrogen-bond donors (Lipinski definition) is 3. The maximum Gasteiger partial charge on any atom is 0.256 e. The first-order valence-electron chi connectivity index (χ1n) is 5.30. The Bertz CT molecular complexity index is 446. The molecular formula is C13H16N2O2. The minimum Gasteiger partial charge on any atom is -0.512 e. The zero-order valence-corrected chi connectivity index (χ0v) is 9.95. The Hall–Kier alpha value is -2.10. The topological polar surface area (TPSA) is 73.2 Å². The van der Waals surface area contributed by atoms with Crippen LogP contribution in [0.5, 0.6) is 0 Å². The lowest BCUT2D eigenvalue weighted by molar-refractivity contribution is -0.117. The van der Waals surface area contributed by atoms with E-state index >= 15 is 0 Å². The summed E-state index contributed by atoms with van der Waals surface area (Å²) in [6, 6.07) is 9.46. The molecule has 4 nitrogen and oxygen atoms in total. The number of allylic oxidation sites excluding steroid dienone is 1. The second-order valence-corrected chi connectivity index (χ2v) is 3.75. The lowest BCUT2D eigenvalue weighted by atomic mass is 10.1. The fourth-order valence-corrected chi connectivity index (χ4v) is 1.47. The molecule has 0 unspecified atom stereocenters. The van der Waals surface area contributed by atoms with E-state index in [-0.39, 0.29) is 17.0 Å². The molecule has 17 heavy (non-hydrogen) atoms. The molecule has 0 radical (unpaired) electrons. The number of aliphatic hydroxyl groups is 1. The summed E-state index contributed by atoms with van der Waals surface area (Å²) in [6.07, 6.45) is 0. The number of carbonyl (C=O) groups excluding carboxylic acids is 1. The van der Waals surface area contributed by atoms with E-state index in [2.05, 4.69) is 5.32 Å². The monoisotopic (exact) mass is 232 g/mol. The van der Waals surface area contributed by atoms with Crippen molar-refractivity contribution in [3.05, 3.63) is 47.2 Å². The largest absolute Gasteiger partial charge is 0.512 e. The van der Waals surface area contributed by atoms with Crippen molar-refractivity contribution in [1.29, 1.82) is 5.41 Å². The van der Waals surface area contributed by atoms with Gasteiger partial charge in [0.2, 0.25) is 0 Å². The van der Waals surface area contributed by atoms with Crippen LogP contribution in [0.3, 0.4) is 0 Å². The minimum absolute atomic E-state index is 0.0286. The number of benzene rings is 1. The highest BCUT2D eigenvalue weighted by atomic mass is 16.3. The molecule has 0 saturated heterocycles. The number of amides is 1. The molecule has 0 saturated carbocycles. The van der Waals surface area contributed by atoms with Gasteiger partial charge in [0.25, 0.3) is 5.91 Å². The van der Waals surface area contributed by atoms with Gasteiger partial charge in [0.1, 0.15) is 5.76 Å². The second kappa shape index (κ2) is 5.84. The molecule has 1 aromatic carbocycles. The van der Waals surface area contributed by atoms with Crippen LogP contribution < -0.4 is 5.32 Å². The van der Waals surface area contributed by atoms with E-state index in [1.165, 1.54) is 13.8 Å². The van der Waals surface area contributed by atoms with E-state index in [0.29, 0.717) is 6.54 Å². The first-order chi connectivity index (χ1) is 8.02. The van der Waals surface area contributed by atoms with Crippen molar-refractivity contribution < 1.29 is 9.90 Å². The number of rotatable bonds is 4. The Morgan fingerprint density at radius 2 is 1.88 bits per heavy atom. The summed E-state index contributed by atoms with van der Waals surface area (Å²) in [4.78, 5) is 11.7. The third kappa shape index (κ3) is 3.75. The average Bonchev–Trinajstić information content (AvgIpc) is 2.27. The predicted molar refractivity (Wildman–Crippen MR) is 67.0 cm³/mol. The van der Waals surface area contributed by atoms with Crippen LogP contribution in [0.2, 0.25) is 0 Å². The van der Waals surface area contributed by atoms with Gasteiger partial charge in [-0.05, 0) is 19.4 Å². The van der Waals surface area contributed by atoms with Crippen LogP contribution in [0, 0.1) is 5.41 Å². The molecule has 0 atom stereocenters. The van der Waals surface area contributed by atoms with Gasteiger partial charge >= 0.3 is 0 Å². The van der Waals surface area contributed by atoms with Crippen LogP contribution in [-0.2, 0) is 11.3 Å². The number of hydrogen-bond acceptors (Lipinski definition) is 3. The van der Waals surface area contributed by atoms with Crippen molar-refractivity contribution in [2.45, 2.75) is 20.4 Å². The van der Waals surface area contributed by atoms with Crippen molar-refractivity contribution >= 4 is 11.6 Å². The van der Waals surface area contributed by atoms with E-state index in [1.54, 1.807) is 0 Å². The molecule has 0 aromatic heterocycles. The smallest absolute Gasteiger partial charge is 0.256 e. The number of nitrogens with one attached hydrogen (secondary N) is 2. The van der Waals surface area contributed by atoms with Crippen molar-refractivity contribution in [3.8, 4) is 0 Å². The van der Waals surface area contributed by atoms with Gasteiger partial charge in [-0.3, -0.25) is 4.79 Å². The van der Waals surface area contributed by atoms with Gasteiger partial charge in [-0.15, -0.1) is 0 Å². The molecule has 0 heterocycles. The summed E-state index contributed by atoms with van der Waals surface area (Å²) >= 11 is 0. The molecule has 90 valence electrons. The third-order valence-electron chi connectivity index (χ3n) is 2.26. The van der Waals surface area contributed by atoms with E-state index in [9.17, 15) is 9.90 Å². The van der Waals surface area contributed by atoms with Crippen LogP contribution in [0.15, 0.2) is 41.7 Å². The van der Waals surface area contributed by atoms with Crippen LogP contribution in [0.25, 0.3) is 0 Å². The molecule has 1 amide bonds. The molecule has 1 rings (SSSR count). The van der Waals surface area contributed by atoms with Gasteiger partial charge in [0.05, 0.1) is 5.57 Å². The van der Waals surface area contributed by atoms with Crippen LogP contribution in [0.1, 0.15) is 19.4 Å². The van der Waals surface area contributed by atoms with Gasteiger partial charge < -0.3 is 15.8 Å². The molecule has 1 aromatic rings. The summed E-state index contributed by atoms with van der Waals surface area (Å²) in [5.41, 5.74) is 1.05. The van der Waals surface area contributed by atoms with Crippen molar-refractivity contribution in [2.75, 3.05) is 0 Å². The standard InChI is InChI=1S/C13H16N2O2/c1-9(14)12(10(2)16)13(17)15-8-11-6-4-3-5-7-11/h3-7,14,16H,8H2,1-2H3,(H,15,17). The Morgan fingerprint density at radius 3 is 2.35 bits per heavy atom. The Kier molecular flexibility index (Phi) is 4.46. The SMILES string of the molecule is CC(=N)C(C(=O)NCc1ccccc1)=C(C)O. The summed E-state index contributed by atoms with van der Waals surface area (Å²) in [6.45, 7) is 3.25. The lowest BCUT2D eigenvalue weighted by Crippen LogP contribution is -2.28. The number of aliphatic hydroxyl groups excluding tert-OH is 1. The molecule has 0 aliphatic carbocycles. The van der Waals surface area contributed by atoms with Gasteiger partial charge in [-0.1, -0.05) is 30.3 Å². The zero-order valence-electron chi connectivity index (χ0n) is 9.95. The minimum atomic E-state index is -0.429. The normalized spacial score (nSPS) is 11.6. The van der Waals surface area contributed by atoms with E-state index in [1.807, 2.05) is 30.3 Å². The summed E-state index contributed by atoms with van der Waals surface area (Å²) in [5, 5.41) is 19.4. The van der Waals surface area contributed by atoms with Crippen LogP contribution in [-0.4, -0.2) is 16.7 Å². The number of carbonyl (C=O) groups is 1. The highest BCUT2D eigenvalue weighted by Gasteiger charge is 2.14. The highest BCUT2D eigenvalue weighted by molar-refractivity contribution is 6.19. The van der Waals surface area contributed by atoms with Crippen LogP contribution in [0.4, 0.5) is 0 Å². The molecule has 0 aliphatic rings. The first kappa shape index (κ1) is 13.0. The molecule has 0 aliphatic heterocycles. The summed E-state index contributed by atoms with van der Waals surface area (Å²) in [5.74, 6) is -0.565. The maximum absolute atomic E-state index is 11.7. The van der Waals surface area contributed by atoms with E-state index in [0.717, 1.165) is 5.56 Å². The Balaban J connectivity index is 2.68. The molecule has 0 bridgehead atoms. The van der Waals surface area contributed by atoms with Crippen molar-refractivity contribution in [3.63, 3.8) is 0 Å². The lowest BCUT2D eigenvalue weighted by Gasteiger charge is -2.08. The third-order valence-corrected chi connectivity index (χ3v) is 2.26.